The molecule has 4 aromatic rings. The Labute approximate surface area is 194 Å². The fourth-order valence-corrected chi connectivity index (χ4v) is 3.29. The second-order valence-corrected chi connectivity index (χ2v) is 7.40. The van der Waals surface area contributed by atoms with Crippen LogP contribution in [0.2, 0.25) is 0 Å². The molecule has 0 bridgehead atoms. The monoisotopic (exact) mass is 461 g/mol. The van der Waals surface area contributed by atoms with Gasteiger partial charge in [0.2, 0.25) is 5.91 Å². The topological polar surface area (TPSA) is 126 Å². The summed E-state index contributed by atoms with van der Waals surface area (Å²) in [6.45, 7) is 1.89. The largest absolute Gasteiger partial charge is 0.497 e. The van der Waals surface area contributed by atoms with Gasteiger partial charge in [0.1, 0.15) is 11.8 Å². The van der Waals surface area contributed by atoms with Gasteiger partial charge in [-0.05, 0) is 49.4 Å². The van der Waals surface area contributed by atoms with Crippen LogP contribution >= 0.6 is 0 Å². The third-order valence-electron chi connectivity index (χ3n) is 5.17. The molecular weight excluding hydrogens is 438 g/mol. The molecule has 0 saturated carbocycles. The zero-order valence-corrected chi connectivity index (χ0v) is 18.7. The molecule has 0 spiro atoms. The number of nitrogens with zero attached hydrogens (tertiary/aromatic N) is 6. The number of hydrogen-bond acceptors (Lipinski definition) is 7. The predicted octanol–water partition coefficient (Wildman–Crippen LogP) is 1.04. The highest BCUT2D eigenvalue weighted by molar-refractivity contribution is 5.79. The first-order valence-corrected chi connectivity index (χ1v) is 10.6. The Hall–Kier alpha value is -4.54. The first-order chi connectivity index (χ1) is 16.5. The van der Waals surface area contributed by atoms with Crippen molar-refractivity contribution in [2.45, 2.75) is 19.5 Å². The van der Waals surface area contributed by atoms with Crippen LogP contribution in [0.4, 0.5) is 0 Å². The molecule has 11 nitrogen and oxygen atoms in total. The van der Waals surface area contributed by atoms with Crippen LogP contribution in [0, 0.1) is 0 Å². The summed E-state index contributed by atoms with van der Waals surface area (Å²) in [7, 11) is 1.59. The van der Waals surface area contributed by atoms with Gasteiger partial charge in [-0.3, -0.25) is 14.4 Å². The van der Waals surface area contributed by atoms with Crippen molar-refractivity contribution in [3.63, 3.8) is 0 Å². The summed E-state index contributed by atoms with van der Waals surface area (Å²) < 4.78 is 9.04. The quantitative estimate of drug-likeness (QED) is 0.415. The average molecular weight is 461 g/mol. The molecule has 11 heteroatoms. The molecule has 1 aromatic carbocycles. The van der Waals surface area contributed by atoms with Gasteiger partial charge in [-0.25, -0.2) is 14.0 Å². The Balaban J connectivity index is 1.42. The first kappa shape index (κ1) is 22.6. The molecule has 1 N–H and O–H groups in total. The molecule has 4 rings (SSSR count). The molecule has 1 unspecified atom stereocenters. The van der Waals surface area contributed by atoms with Crippen LogP contribution in [0.25, 0.3) is 17.1 Å². The van der Waals surface area contributed by atoms with Crippen molar-refractivity contribution < 1.29 is 9.53 Å². The van der Waals surface area contributed by atoms with Crippen LogP contribution in [0.3, 0.4) is 0 Å². The van der Waals surface area contributed by atoms with Gasteiger partial charge in [0.15, 0.2) is 5.82 Å². The SMILES string of the molecule is COc1ccc(-c2ccc(=O)n(CCNC(=O)C(C)n3nc(-n4cccn4)ccc3=O)n2)cc1. The lowest BCUT2D eigenvalue weighted by molar-refractivity contribution is -0.124. The van der Waals surface area contributed by atoms with Crippen molar-refractivity contribution in [3.8, 4) is 22.8 Å². The van der Waals surface area contributed by atoms with Gasteiger partial charge in [0, 0.05) is 36.6 Å². The summed E-state index contributed by atoms with van der Waals surface area (Å²) in [6.07, 6.45) is 3.28. The molecule has 34 heavy (non-hydrogen) atoms. The smallest absolute Gasteiger partial charge is 0.267 e. The lowest BCUT2D eigenvalue weighted by atomic mass is 10.1. The number of carbonyl (C=O) groups is 1. The minimum Gasteiger partial charge on any atom is -0.497 e. The normalized spacial score (nSPS) is 11.7. The maximum Gasteiger partial charge on any atom is 0.267 e. The maximum atomic E-state index is 12.7. The van der Waals surface area contributed by atoms with Crippen LogP contribution in [0.5, 0.6) is 5.75 Å². The number of benzene rings is 1. The zero-order valence-electron chi connectivity index (χ0n) is 18.7. The number of carbonyl (C=O) groups excluding carboxylic acids is 1. The number of rotatable bonds is 8. The maximum absolute atomic E-state index is 12.7. The predicted molar refractivity (Wildman–Crippen MR) is 124 cm³/mol. The van der Waals surface area contributed by atoms with Gasteiger partial charge in [-0.2, -0.15) is 10.2 Å². The molecule has 0 aliphatic rings. The van der Waals surface area contributed by atoms with Crippen molar-refractivity contribution in [1.29, 1.82) is 0 Å². The molecule has 0 saturated heterocycles. The summed E-state index contributed by atoms with van der Waals surface area (Å²) in [4.78, 5) is 37.2. The Morgan fingerprint density at radius 3 is 2.50 bits per heavy atom. The van der Waals surface area contributed by atoms with Crippen LogP contribution in [0.15, 0.2) is 76.6 Å². The highest BCUT2D eigenvalue weighted by Gasteiger charge is 2.18. The van der Waals surface area contributed by atoms with Gasteiger partial charge < -0.3 is 10.1 Å². The molecule has 174 valence electrons. The summed E-state index contributed by atoms with van der Waals surface area (Å²) >= 11 is 0. The molecule has 1 amide bonds. The minimum absolute atomic E-state index is 0.149. The molecule has 1 atom stereocenters. The van der Waals surface area contributed by atoms with E-state index in [9.17, 15) is 14.4 Å². The van der Waals surface area contributed by atoms with Crippen molar-refractivity contribution >= 4 is 5.91 Å². The highest BCUT2D eigenvalue weighted by Crippen LogP contribution is 2.19. The van der Waals surface area contributed by atoms with E-state index in [-0.39, 0.29) is 18.6 Å². The number of ether oxygens (including phenoxy) is 1. The second kappa shape index (κ2) is 9.94. The minimum atomic E-state index is -0.863. The standard InChI is InChI=1S/C23H23N7O4/c1-16(30-22(32)11-9-20(27-30)28-14-3-12-25-28)23(33)24-13-15-29-21(31)10-8-19(26-29)17-4-6-18(34-2)7-5-17/h3-12,14,16H,13,15H2,1-2H3,(H,24,33). The van der Waals surface area contributed by atoms with Crippen LogP contribution in [-0.2, 0) is 11.3 Å². The molecule has 0 aliphatic heterocycles. The van der Waals surface area contributed by atoms with E-state index in [4.69, 9.17) is 4.74 Å². The summed E-state index contributed by atoms with van der Waals surface area (Å²) in [5.41, 5.74) is 0.746. The summed E-state index contributed by atoms with van der Waals surface area (Å²) in [5, 5.41) is 15.4. The Bertz CT molecular complexity index is 1390. The Kier molecular flexibility index (Phi) is 6.62. The molecule has 3 aromatic heterocycles. The van der Waals surface area contributed by atoms with E-state index in [1.54, 1.807) is 38.6 Å². The molecule has 0 radical (unpaired) electrons. The van der Waals surface area contributed by atoms with Crippen LogP contribution < -0.4 is 21.2 Å². The Morgan fingerprint density at radius 2 is 1.79 bits per heavy atom. The first-order valence-electron chi connectivity index (χ1n) is 10.6. The van der Waals surface area contributed by atoms with E-state index < -0.39 is 17.5 Å². The van der Waals surface area contributed by atoms with E-state index in [2.05, 4.69) is 20.6 Å². The van der Waals surface area contributed by atoms with Crippen LogP contribution in [-0.4, -0.2) is 48.9 Å². The van der Waals surface area contributed by atoms with Gasteiger partial charge >= 0.3 is 0 Å². The van der Waals surface area contributed by atoms with E-state index in [1.807, 2.05) is 24.3 Å². The molecule has 0 fully saturated rings. The third-order valence-corrected chi connectivity index (χ3v) is 5.17. The average Bonchev–Trinajstić information content (AvgIpc) is 3.40. The number of hydrogen-bond donors (Lipinski definition) is 1. The number of amides is 1. The third kappa shape index (κ3) is 4.93. The van der Waals surface area contributed by atoms with E-state index >= 15 is 0 Å². The van der Waals surface area contributed by atoms with Crippen molar-refractivity contribution in [2.75, 3.05) is 13.7 Å². The fraction of sp³-hybridized carbons (Fsp3) is 0.217. The van der Waals surface area contributed by atoms with Gasteiger partial charge in [0.25, 0.3) is 11.1 Å². The van der Waals surface area contributed by atoms with Gasteiger partial charge in [-0.1, -0.05) is 0 Å². The number of nitrogens with one attached hydrogen (secondary N) is 1. The van der Waals surface area contributed by atoms with Crippen molar-refractivity contribution in [3.05, 3.63) is 87.7 Å². The Morgan fingerprint density at radius 1 is 1.03 bits per heavy atom. The lowest BCUT2D eigenvalue weighted by Crippen LogP contribution is -2.39. The summed E-state index contributed by atoms with van der Waals surface area (Å²) in [6, 6.07) is 14.1. The van der Waals surface area contributed by atoms with Gasteiger partial charge in [0.05, 0.1) is 19.3 Å². The molecule has 0 aliphatic carbocycles. The van der Waals surface area contributed by atoms with E-state index in [0.29, 0.717) is 11.5 Å². The lowest BCUT2D eigenvalue weighted by Gasteiger charge is -2.15. The van der Waals surface area contributed by atoms with Crippen molar-refractivity contribution in [2.24, 2.45) is 0 Å². The summed E-state index contributed by atoms with van der Waals surface area (Å²) in [5.74, 6) is 0.722. The van der Waals surface area contributed by atoms with Crippen LogP contribution in [0.1, 0.15) is 13.0 Å². The van der Waals surface area contributed by atoms with Crippen molar-refractivity contribution in [1.82, 2.24) is 34.7 Å². The fourth-order valence-electron chi connectivity index (χ4n) is 3.29. The van der Waals surface area contributed by atoms with E-state index in [1.165, 1.54) is 27.6 Å². The number of aromatic nitrogens is 6. The second-order valence-electron chi connectivity index (χ2n) is 7.40. The zero-order chi connectivity index (χ0) is 24.1. The number of methoxy groups -OCH3 is 1. The van der Waals surface area contributed by atoms with E-state index in [0.717, 1.165) is 16.0 Å². The highest BCUT2D eigenvalue weighted by atomic mass is 16.5. The van der Waals surface area contributed by atoms with Gasteiger partial charge in [-0.15, -0.1) is 5.10 Å². The molecular formula is C23H23N7O4. The molecule has 3 heterocycles.